The number of hydrogen-bond donors (Lipinski definition) is 3. The fraction of sp³-hybridized carbons (Fsp3) is 0.714. The van der Waals surface area contributed by atoms with Crippen LogP contribution in [0.4, 0.5) is 0 Å². The van der Waals surface area contributed by atoms with E-state index in [1.807, 2.05) is 9.80 Å². The lowest BCUT2D eigenvalue weighted by Crippen LogP contribution is -2.41. The molecule has 240 valence electrons. The van der Waals surface area contributed by atoms with Gasteiger partial charge in [-0.15, -0.1) is 5.06 Å². The molecule has 3 rings (SSSR count). The van der Waals surface area contributed by atoms with Crippen molar-refractivity contribution in [3.8, 4) is 0 Å². The predicted molar refractivity (Wildman–Crippen MR) is 151 cm³/mol. The second kappa shape index (κ2) is 18.1. The maximum atomic E-state index is 11.7. The van der Waals surface area contributed by atoms with Crippen LogP contribution in [0.25, 0.3) is 0 Å². The number of primary amides is 2. The molecule has 15 nitrogen and oxygen atoms in total. The lowest BCUT2D eigenvalue weighted by molar-refractivity contribution is -0.197. The van der Waals surface area contributed by atoms with E-state index < -0.39 is 29.5 Å². The van der Waals surface area contributed by atoms with Crippen LogP contribution in [0, 0.1) is 0 Å². The molecule has 0 saturated carbocycles. The fourth-order valence-corrected chi connectivity index (χ4v) is 5.26. The van der Waals surface area contributed by atoms with Crippen molar-refractivity contribution < 1.29 is 43.2 Å². The summed E-state index contributed by atoms with van der Waals surface area (Å²) in [4.78, 5) is 99.3. The van der Waals surface area contributed by atoms with Crippen molar-refractivity contribution in [2.45, 2.75) is 96.1 Å². The molecule has 15 heteroatoms. The van der Waals surface area contributed by atoms with Gasteiger partial charge in [-0.05, 0) is 78.0 Å². The number of carbonyl (C=O) groups excluding carboxylic acids is 8. The number of Topliss-reactive ketones (excluding diaryl/α,β-unsaturated/α-hetero) is 2. The number of nitrogens with one attached hydrogen (secondary N) is 1. The van der Waals surface area contributed by atoms with Gasteiger partial charge in [0.1, 0.15) is 5.78 Å². The minimum Gasteiger partial charge on any atom is -0.368 e. The summed E-state index contributed by atoms with van der Waals surface area (Å²) in [6.45, 7) is 4.57. The molecule has 2 atom stereocenters. The van der Waals surface area contributed by atoms with Crippen LogP contribution >= 0.6 is 0 Å². The van der Waals surface area contributed by atoms with Gasteiger partial charge < -0.3 is 26.4 Å². The summed E-state index contributed by atoms with van der Waals surface area (Å²) in [7, 11) is 0. The highest BCUT2D eigenvalue weighted by Crippen LogP contribution is 2.19. The quantitative estimate of drug-likeness (QED) is 0.111. The van der Waals surface area contributed by atoms with Crippen molar-refractivity contribution in [1.82, 2.24) is 20.2 Å². The Morgan fingerprint density at radius 1 is 0.791 bits per heavy atom. The van der Waals surface area contributed by atoms with Crippen LogP contribution in [-0.2, 0) is 43.2 Å². The van der Waals surface area contributed by atoms with Gasteiger partial charge in [-0.1, -0.05) is 0 Å². The molecule has 0 bridgehead atoms. The van der Waals surface area contributed by atoms with Gasteiger partial charge >= 0.3 is 5.97 Å². The van der Waals surface area contributed by atoms with Crippen molar-refractivity contribution in [3.63, 3.8) is 0 Å². The van der Waals surface area contributed by atoms with Crippen molar-refractivity contribution in [2.24, 2.45) is 11.5 Å². The highest BCUT2D eigenvalue weighted by Gasteiger charge is 2.33. The number of rotatable bonds is 16. The third-order valence-electron chi connectivity index (χ3n) is 7.50. The summed E-state index contributed by atoms with van der Waals surface area (Å²) in [5, 5.41) is 3.06. The van der Waals surface area contributed by atoms with Gasteiger partial charge in [0.15, 0.2) is 0 Å². The molecule has 5 amide bonds. The standard InChI is InChI=1S/C15H25N3O4.C13H19N3O5/c1-11(19)5-2-8-17-15(22)13(20)7-4-10-18-9-3-6-12(18)14(16)21;14-13(20)9-3-1-7-15(9)8-2-4-12(19)21-16-10(17)5-6-11(16)18/h12H,2-10H2,1H3,(H2,16,21)(H,17,22);9H,1-8H2,(H2,14,20)/t12-;9-/m00/s1. The van der Waals surface area contributed by atoms with Crippen LogP contribution in [0.3, 0.4) is 0 Å². The SMILES string of the molecule is CC(=O)CCCNC(=O)C(=O)CCCN1CCC[C@H]1C(N)=O.NC(=O)[C@@H]1CCCN1CCCC(=O)ON1C(=O)CCC1=O. The van der Waals surface area contributed by atoms with Gasteiger partial charge in [0.25, 0.3) is 17.7 Å². The summed E-state index contributed by atoms with van der Waals surface area (Å²) in [5.41, 5.74) is 10.6. The molecule has 0 aromatic heterocycles. The van der Waals surface area contributed by atoms with Crippen molar-refractivity contribution >= 4 is 47.1 Å². The van der Waals surface area contributed by atoms with Crippen LogP contribution < -0.4 is 16.8 Å². The molecule has 3 saturated heterocycles. The minimum atomic E-state index is -0.617. The van der Waals surface area contributed by atoms with Crippen molar-refractivity contribution in [1.29, 1.82) is 0 Å². The molecule has 0 aromatic carbocycles. The molecule has 3 heterocycles. The molecule has 0 aromatic rings. The number of imide groups is 1. The first kappa shape index (κ1) is 35.5. The van der Waals surface area contributed by atoms with Crippen LogP contribution in [0.5, 0.6) is 0 Å². The molecule has 5 N–H and O–H groups in total. The van der Waals surface area contributed by atoms with E-state index in [0.717, 1.165) is 38.8 Å². The van der Waals surface area contributed by atoms with E-state index in [4.69, 9.17) is 16.3 Å². The molecular formula is C28H44N6O9. The molecule has 0 unspecified atom stereocenters. The van der Waals surface area contributed by atoms with Crippen LogP contribution in [0.15, 0.2) is 0 Å². The van der Waals surface area contributed by atoms with E-state index in [1.54, 1.807) is 0 Å². The minimum absolute atomic E-state index is 0.0650. The highest BCUT2D eigenvalue weighted by atomic mass is 16.7. The number of amides is 5. The summed E-state index contributed by atoms with van der Waals surface area (Å²) in [6.07, 6.45) is 5.71. The summed E-state index contributed by atoms with van der Waals surface area (Å²) >= 11 is 0. The van der Waals surface area contributed by atoms with Gasteiger partial charge in [0.05, 0.1) is 12.1 Å². The number of likely N-dealkylation sites (tertiary alicyclic amines) is 2. The van der Waals surface area contributed by atoms with E-state index in [0.29, 0.717) is 50.4 Å². The second-order valence-corrected chi connectivity index (χ2v) is 10.9. The zero-order chi connectivity index (χ0) is 31.9. The molecule has 3 fully saturated rings. The zero-order valence-electron chi connectivity index (χ0n) is 24.8. The number of ketones is 2. The smallest absolute Gasteiger partial charge is 0.333 e. The Morgan fingerprint density at radius 2 is 1.30 bits per heavy atom. The number of hydroxylamine groups is 2. The largest absolute Gasteiger partial charge is 0.368 e. The molecular weight excluding hydrogens is 564 g/mol. The number of nitrogens with two attached hydrogens (primary N) is 2. The fourth-order valence-electron chi connectivity index (χ4n) is 5.26. The Balaban J connectivity index is 0.000000300. The second-order valence-electron chi connectivity index (χ2n) is 10.9. The predicted octanol–water partition coefficient (Wildman–Crippen LogP) is -0.906. The Morgan fingerprint density at radius 3 is 1.79 bits per heavy atom. The highest BCUT2D eigenvalue weighted by molar-refractivity contribution is 6.36. The first-order chi connectivity index (χ1) is 20.4. The first-order valence-electron chi connectivity index (χ1n) is 14.8. The van der Waals surface area contributed by atoms with Gasteiger partial charge in [0, 0.05) is 38.6 Å². The zero-order valence-corrected chi connectivity index (χ0v) is 24.8. The number of hydrogen-bond acceptors (Lipinski definition) is 11. The molecule has 3 aliphatic rings. The Bertz CT molecular complexity index is 1050. The Labute approximate surface area is 250 Å². The van der Waals surface area contributed by atoms with Crippen molar-refractivity contribution in [3.05, 3.63) is 0 Å². The van der Waals surface area contributed by atoms with Crippen LogP contribution in [0.2, 0.25) is 0 Å². The normalized spacial score (nSPS) is 20.4. The summed E-state index contributed by atoms with van der Waals surface area (Å²) in [6, 6.07) is -0.502. The van der Waals surface area contributed by atoms with E-state index in [-0.39, 0.29) is 55.4 Å². The Hall–Kier alpha value is -3.72. The Kier molecular flexibility index (Phi) is 14.9. The van der Waals surface area contributed by atoms with Crippen LogP contribution in [0.1, 0.15) is 84.0 Å². The lowest BCUT2D eigenvalue weighted by Gasteiger charge is -2.21. The molecule has 43 heavy (non-hydrogen) atoms. The molecule has 0 radical (unpaired) electrons. The van der Waals surface area contributed by atoms with Crippen LogP contribution in [-0.4, -0.2) is 107 Å². The molecule has 0 aliphatic carbocycles. The molecule has 3 aliphatic heterocycles. The first-order valence-corrected chi connectivity index (χ1v) is 14.8. The maximum Gasteiger partial charge on any atom is 0.333 e. The maximum absolute atomic E-state index is 11.7. The van der Waals surface area contributed by atoms with E-state index in [1.165, 1.54) is 6.92 Å². The molecule has 0 spiro atoms. The topological polar surface area (TPSA) is 220 Å². The average Bonchev–Trinajstić information content (AvgIpc) is 3.69. The third-order valence-corrected chi connectivity index (χ3v) is 7.50. The summed E-state index contributed by atoms with van der Waals surface area (Å²) in [5.74, 6) is -3.25. The monoisotopic (exact) mass is 608 g/mol. The summed E-state index contributed by atoms with van der Waals surface area (Å²) < 4.78 is 0. The average molecular weight is 609 g/mol. The number of nitrogens with zero attached hydrogens (tertiary/aromatic N) is 3. The van der Waals surface area contributed by atoms with Gasteiger partial charge in [-0.2, -0.15) is 0 Å². The van der Waals surface area contributed by atoms with Gasteiger partial charge in [-0.3, -0.25) is 38.6 Å². The van der Waals surface area contributed by atoms with Crippen molar-refractivity contribution in [2.75, 3.05) is 32.7 Å². The van der Waals surface area contributed by atoms with E-state index in [2.05, 4.69) is 5.32 Å². The lowest BCUT2D eigenvalue weighted by atomic mass is 10.1. The third kappa shape index (κ3) is 12.2. The number of carbonyl (C=O) groups is 8. The van der Waals surface area contributed by atoms with E-state index in [9.17, 15) is 38.4 Å². The van der Waals surface area contributed by atoms with E-state index >= 15 is 0 Å². The van der Waals surface area contributed by atoms with Gasteiger partial charge in [0.2, 0.25) is 17.6 Å². The van der Waals surface area contributed by atoms with Gasteiger partial charge in [-0.25, -0.2) is 4.79 Å².